The Morgan fingerprint density at radius 1 is 0.672 bits per heavy atom. The maximum Gasteiger partial charge on any atom is 0.407 e. The van der Waals surface area contributed by atoms with Crippen LogP contribution in [0.25, 0.3) is 44.6 Å². The molecule has 0 saturated carbocycles. The van der Waals surface area contributed by atoms with E-state index in [1.807, 2.05) is 73.9 Å². The zero-order chi connectivity index (χ0) is 41.4. The fraction of sp³-hybridized carbons (Fsp3) is 0.476. The molecule has 6 atom stereocenters. The van der Waals surface area contributed by atoms with Crippen LogP contribution in [0.1, 0.15) is 78.1 Å². The van der Waals surface area contributed by atoms with Gasteiger partial charge in [-0.2, -0.15) is 0 Å². The third-order valence-electron chi connectivity index (χ3n) is 11.2. The molecule has 306 valence electrons. The lowest BCUT2D eigenvalue weighted by atomic mass is 10.0. The van der Waals surface area contributed by atoms with Gasteiger partial charge in [0, 0.05) is 24.2 Å². The van der Waals surface area contributed by atoms with Crippen molar-refractivity contribution in [3.63, 3.8) is 0 Å². The summed E-state index contributed by atoms with van der Waals surface area (Å²) in [5.74, 6) is 1.32. The smallest absolute Gasteiger partial charge is 0.407 e. The number of rotatable bonds is 10. The molecule has 0 spiro atoms. The highest BCUT2D eigenvalue weighted by atomic mass is 16.5. The number of carbonyl (C=O) groups excluding carboxylic acids is 4. The monoisotopic (exact) mass is 792 g/mol. The van der Waals surface area contributed by atoms with Crippen LogP contribution in [0, 0.1) is 23.7 Å². The van der Waals surface area contributed by atoms with E-state index in [4.69, 9.17) is 29.4 Å². The lowest BCUT2D eigenvalue weighted by Gasteiger charge is -2.30. The van der Waals surface area contributed by atoms with Crippen LogP contribution in [0.15, 0.2) is 48.8 Å². The number of H-pyrrole nitrogens is 2. The lowest BCUT2D eigenvalue weighted by Crippen LogP contribution is -2.51. The molecule has 5 aromatic rings. The Labute approximate surface area is 336 Å². The topological polar surface area (TPSA) is 200 Å². The Balaban J connectivity index is 1.08. The number of methoxy groups -OCH3 is 2. The predicted octanol–water partition coefficient (Wildman–Crippen LogP) is 6.14. The van der Waals surface area contributed by atoms with Crippen LogP contribution in [0.2, 0.25) is 0 Å². The predicted molar refractivity (Wildman–Crippen MR) is 217 cm³/mol. The first-order valence-corrected chi connectivity index (χ1v) is 19.9. The molecule has 2 fully saturated rings. The van der Waals surface area contributed by atoms with Crippen molar-refractivity contribution in [2.24, 2.45) is 23.7 Å². The van der Waals surface area contributed by atoms with Crippen LogP contribution in [0.3, 0.4) is 0 Å². The van der Waals surface area contributed by atoms with E-state index >= 15 is 0 Å². The second kappa shape index (κ2) is 16.4. The molecule has 4 N–H and O–H groups in total. The first kappa shape index (κ1) is 40.1. The minimum Gasteiger partial charge on any atom is -0.453 e. The molecule has 16 nitrogen and oxygen atoms in total. The number of imidazole rings is 2. The molecule has 0 unspecified atom stereocenters. The quantitative estimate of drug-likeness (QED) is 0.127. The van der Waals surface area contributed by atoms with Crippen LogP contribution in [-0.4, -0.2) is 103 Å². The molecule has 2 aromatic carbocycles. The number of fused-ring (bicyclic) bond motifs is 2. The summed E-state index contributed by atoms with van der Waals surface area (Å²) in [5.41, 5.74) is 6.22. The van der Waals surface area contributed by atoms with Gasteiger partial charge in [0.15, 0.2) is 0 Å². The lowest BCUT2D eigenvalue weighted by molar-refractivity contribution is -0.136. The fourth-order valence-corrected chi connectivity index (χ4v) is 8.17. The van der Waals surface area contributed by atoms with Gasteiger partial charge in [-0.3, -0.25) is 19.6 Å². The molecule has 5 heterocycles. The Bertz CT molecular complexity index is 2160. The third-order valence-corrected chi connectivity index (χ3v) is 11.2. The summed E-state index contributed by atoms with van der Waals surface area (Å²) >= 11 is 0. The number of benzene rings is 2. The van der Waals surface area contributed by atoms with E-state index in [0.717, 1.165) is 46.0 Å². The highest BCUT2D eigenvalue weighted by molar-refractivity contribution is 5.88. The molecule has 0 radical (unpaired) electrons. The summed E-state index contributed by atoms with van der Waals surface area (Å²) in [6.45, 7) is 12.9. The molecule has 3 aromatic heterocycles. The first-order chi connectivity index (χ1) is 27.7. The van der Waals surface area contributed by atoms with Crippen molar-refractivity contribution in [3.05, 3.63) is 60.4 Å². The van der Waals surface area contributed by atoms with Crippen LogP contribution in [0.5, 0.6) is 0 Å². The van der Waals surface area contributed by atoms with Crippen LogP contribution >= 0.6 is 0 Å². The normalized spacial score (nSPS) is 20.5. The van der Waals surface area contributed by atoms with Crippen LogP contribution < -0.4 is 10.6 Å². The first-order valence-electron chi connectivity index (χ1n) is 19.9. The minimum atomic E-state index is -0.720. The Morgan fingerprint density at radius 2 is 1.07 bits per heavy atom. The van der Waals surface area contributed by atoms with E-state index < -0.39 is 24.3 Å². The Hall–Kier alpha value is -6.06. The summed E-state index contributed by atoms with van der Waals surface area (Å²) in [7, 11) is 2.57. The summed E-state index contributed by atoms with van der Waals surface area (Å²) in [5, 5.41) is 5.42. The highest BCUT2D eigenvalue weighted by Gasteiger charge is 2.41. The van der Waals surface area contributed by atoms with Gasteiger partial charge in [-0.1, -0.05) is 53.7 Å². The van der Waals surface area contributed by atoms with Gasteiger partial charge < -0.3 is 39.9 Å². The molecular formula is C42H52N10O6. The van der Waals surface area contributed by atoms with E-state index in [9.17, 15) is 19.2 Å². The highest BCUT2D eigenvalue weighted by Crippen LogP contribution is 2.38. The zero-order valence-corrected chi connectivity index (χ0v) is 34.2. The van der Waals surface area contributed by atoms with Gasteiger partial charge in [0.05, 0.1) is 72.2 Å². The number of nitrogens with one attached hydrogen (secondary N) is 4. The van der Waals surface area contributed by atoms with Crippen molar-refractivity contribution in [3.8, 4) is 22.5 Å². The molecule has 58 heavy (non-hydrogen) atoms. The van der Waals surface area contributed by atoms with E-state index in [-0.39, 0.29) is 47.6 Å². The standard InChI is InChI=1S/C42H52N10O6/c1-21(2)35(49-41(55)57-7)39(53)51-19-23(5)13-33(51)37-45-27-11-9-25(15-29(27)47-37)31-17-44-32(18-43-31)26-10-12-28-30(16-26)48-38(46-28)34-14-24(6)20-52(34)40(54)36(22(3)4)50-42(56)58-8/h9-12,15-18,21-24,33-36H,13-14,19-20H2,1-8H3,(H,45,47)(H,46,48)(H,49,55)(H,50,56)/t23-,24-,33-,34-,35-,36-/m0/s1. The summed E-state index contributed by atoms with van der Waals surface area (Å²) < 4.78 is 9.57. The van der Waals surface area contributed by atoms with Crippen molar-refractivity contribution >= 4 is 46.1 Å². The van der Waals surface area contributed by atoms with Gasteiger partial charge in [-0.25, -0.2) is 19.6 Å². The van der Waals surface area contributed by atoms with Gasteiger partial charge in [0.25, 0.3) is 0 Å². The Morgan fingerprint density at radius 3 is 1.41 bits per heavy atom. The molecule has 4 amide bonds. The van der Waals surface area contributed by atoms with Crippen molar-refractivity contribution in [2.75, 3.05) is 27.3 Å². The average molecular weight is 793 g/mol. The van der Waals surface area contributed by atoms with Gasteiger partial charge in [0.1, 0.15) is 23.7 Å². The molecular weight excluding hydrogens is 741 g/mol. The number of ether oxygens (including phenoxy) is 2. The van der Waals surface area contributed by atoms with E-state index in [2.05, 4.69) is 34.4 Å². The number of alkyl carbamates (subject to hydrolysis) is 2. The molecule has 2 aliphatic rings. The summed E-state index contributed by atoms with van der Waals surface area (Å²) in [6.07, 6.45) is 3.68. The molecule has 0 bridgehead atoms. The van der Waals surface area contributed by atoms with E-state index in [0.29, 0.717) is 36.1 Å². The summed E-state index contributed by atoms with van der Waals surface area (Å²) in [4.78, 5) is 81.5. The second-order valence-corrected chi connectivity index (χ2v) is 16.4. The third kappa shape index (κ3) is 8.04. The van der Waals surface area contributed by atoms with Gasteiger partial charge >= 0.3 is 12.2 Å². The number of likely N-dealkylation sites (tertiary alicyclic amines) is 2. The van der Waals surface area contributed by atoms with Crippen LogP contribution in [-0.2, 0) is 19.1 Å². The maximum absolute atomic E-state index is 13.8. The molecule has 0 aliphatic carbocycles. The number of aromatic nitrogens is 6. The number of hydrogen-bond donors (Lipinski definition) is 4. The zero-order valence-electron chi connectivity index (χ0n) is 34.2. The van der Waals surface area contributed by atoms with E-state index in [1.165, 1.54) is 14.2 Å². The van der Waals surface area contributed by atoms with Gasteiger partial charge in [-0.05, 0) is 60.8 Å². The van der Waals surface area contributed by atoms with Crippen molar-refractivity contribution in [2.45, 2.75) is 78.6 Å². The Kier molecular flexibility index (Phi) is 11.4. The number of amides is 4. The SMILES string of the molecule is COC(=O)N[C@H](C(=O)N1C[C@@H](C)C[C@H]1c1nc2cc(-c3cnc(-c4ccc5[nH]c([C@@H]6C[C@H](C)CN6C(=O)[C@@H](NC(=O)OC)C(C)C)nc5c4)cn3)ccc2[nH]1)C(C)C. The number of hydrogen-bond acceptors (Lipinski definition) is 10. The van der Waals surface area contributed by atoms with Crippen molar-refractivity contribution in [1.82, 2.24) is 50.3 Å². The number of nitrogens with zero attached hydrogens (tertiary/aromatic N) is 6. The van der Waals surface area contributed by atoms with Gasteiger partial charge in [-0.15, -0.1) is 0 Å². The minimum absolute atomic E-state index is 0.131. The molecule has 16 heteroatoms. The number of aromatic amines is 2. The average Bonchev–Trinajstić information content (AvgIpc) is 4.01. The fourth-order valence-electron chi connectivity index (χ4n) is 8.17. The largest absolute Gasteiger partial charge is 0.453 e. The van der Waals surface area contributed by atoms with Crippen molar-refractivity contribution < 1.29 is 28.7 Å². The van der Waals surface area contributed by atoms with Gasteiger partial charge in [0.2, 0.25) is 11.8 Å². The molecule has 2 aliphatic heterocycles. The number of carbonyl (C=O) groups is 4. The molecule has 2 saturated heterocycles. The summed E-state index contributed by atoms with van der Waals surface area (Å²) in [6, 6.07) is 9.79. The molecule has 7 rings (SSSR count). The van der Waals surface area contributed by atoms with E-state index in [1.54, 1.807) is 12.4 Å². The van der Waals surface area contributed by atoms with Crippen LogP contribution in [0.4, 0.5) is 9.59 Å². The van der Waals surface area contributed by atoms with Crippen molar-refractivity contribution in [1.29, 1.82) is 0 Å². The second-order valence-electron chi connectivity index (χ2n) is 16.4. The maximum atomic E-state index is 13.8.